The summed E-state index contributed by atoms with van der Waals surface area (Å²) < 4.78 is 80.9. The number of alkyl halides is 1. The third kappa shape index (κ3) is 7.24. The van der Waals surface area contributed by atoms with E-state index in [4.69, 9.17) is 0 Å². The highest BCUT2D eigenvalue weighted by Crippen LogP contribution is 2.31. The number of rotatable bonds is 5. The molecule has 0 aliphatic rings. The number of carbonyl (C=O) groups excluding carboxylic acids is 1. The van der Waals surface area contributed by atoms with E-state index in [9.17, 15) is 31.1 Å². The van der Waals surface area contributed by atoms with Gasteiger partial charge in [-0.3, -0.25) is 4.79 Å². The van der Waals surface area contributed by atoms with E-state index in [1.165, 1.54) is 12.1 Å². The van der Waals surface area contributed by atoms with Crippen LogP contribution in [0.25, 0.3) is 0 Å². The molecule has 0 unspecified atom stereocenters. The van der Waals surface area contributed by atoms with E-state index in [1.807, 2.05) is 45.9 Å². The first-order valence-electron chi connectivity index (χ1n) is 10.3. The van der Waals surface area contributed by atoms with E-state index in [2.05, 4.69) is 26.0 Å². The summed E-state index contributed by atoms with van der Waals surface area (Å²) in [7, 11) is 0.897. The van der Waals surface area contributed by atoms with Gasteiger partial charge >= 0.3 is 0 Å². The smallest absolute Gasteiger partial charge is 0.204 e. The number of halogens is 7. The highest BCUT2D eigenvalue weighted by Gasteiger charge is 2.25. The molecule has 1 N–H and O–H groups in total. The van der Waals surface area contributed by atoms with Gasteiger partial charge in [-0.25, -0.2) is 22.0 Å². The number of aryl methyl sites for hydroxylation is 2. The zero-order chi connectivity index (χ0) is 26.9. The van der Waals surface area contributed by atoms with E-state index in [1.54, 1.807) is 0 Å². The van der Waals surface area contributed by atoms with E-state index < -0.39 is 47.1 Å². The van der Waals surface area contributed by atoms with Crippen LogP contribution in [0.1, 0.15) is 40.9 Å². The van der Waals surface area contributed by atoms with E-state index >= 15 is 0 Å². The molecule has 190 valence electrons. The molecule has 3 aromatic rings. The Bertz CT molecular complexity index is 1150. The number of ether oxygens (including phenoxy) is 1. The van der Waals surface area contributed by atoms with Crippen LogP contribution in [-0.2, 0) is 6.67 Å². The van der Waals surface area contributed by atoms with Crippen LogP contribution in [0.5, 0.6) is 5.75 Å². The van der Waals surface area contributed by atoms with Crippen LogP contribution >= 0.6 is 15.9 Å². The van der Waals surface area contributed by atoms with Gasteiger partial charge in [0.1, 0.15) is 12.5 Å². The molecule has 0 amide bonds. The Morgan fingerprint density at radius 2 is 1.51 bits per heavy atom. The number of methoxy groups -OCH3 is 1. The van der Waals surface area contributed by atoms with E-state index in [0.717, 1.165) is 23.9 Å². The van der Waals surface area contributed by atoms with Crippen molar-refractivity contribution in [1.29, 1.82) is 0 Å². The highest BCUT2D eigenvalue weighted by molar-refractivity contribution is 9.10. The fourth-order valence-electron chi connectivity index (χ4n) is 2.86. The number of anilines is 2. The summed E-state index contributed by atoms with van der Waals surface area (Å²) in [6.45, 7) is 6.49. The lowest BCUT2D eigenvalue weighted by Gasteiger charge is -2.12. The lowest BCUT2D eigenvalue weighted by atomic mass is 10.1. The van der Waals surface area contributed by atoms with Gasteiger partial charge in [-0.15, -0.1) is 0 Å². The van der Waals surface area contributed by atoms with Crippen LogP contribution in [-0.4, -0.2) is 13.4 Å². The average Bonchev–Trinajstić information content (AvgIpc) is 2.85. The maximum atomic E-state index is 13.6. The van der Waals surface area contributed by atoms with Gasteiger partial charge in [-0.2, -0.15) is 4.39 Å². The molecule has 3 rings (SSSR count). The van der Waals surface area contributed by atoms with Crippen molar-refractivity contribution in [3.05, 3.63) is 86.1 Å². The van der Waals surface area contributed by atoms with Crippen molar-refractivity contribution >= 4 is 33.6 Å². The predicted molar refractivity (Wildman–Crippen MR) is 128 cm³/mol. The summed E-state index contributed by atoms with van der Waals surface area (Å²) in [5, 5.41) is 3.09. The second-order valence-corrected chi connectivity index (χ2v) is 7.67. The number of hydrogen-bond acceptors (Lipinski definition) is 3. The van der Waals surface area contributed by atoms with Gasteiger partial charge < -0.3 is 10.1 Å². The van der Waals surface area contributed by atoms with Gasteiger partial charge in [0.25, 0.3) is 0 Å². The van der Waals surface area contributed by atoms with Gasteiger partial charge in [0.15, 0.2) is 23.7 Å². The molecule has 3 nitrogen and oxygen atoms in total. The van der Waals surface area contributed by atoms with Crippen molar-refractivity contribution in [2.45, 2.75) is 34.4 Å². The summed E-state index contributed by atoms with van der Waals surface area (Å²) in [5.74, 6) is -8.93. The number of benzene rings is 3. The van der Waals surface area contributed by atoms with E-state index in [-0.39, 0.29) is 4.47 Å². The normalized spacial score (nSPS) is 9.94. The molecular formula is C25H24BrF6NO2. The Labute approximate surface area is 208 Å². The summed E-state index contributed by atoms with van der Waals surface area (Å²) in [6, 6.07) is 8.68. The number of hydrogen-bond donors (Lipinski definition) is 1. The second-order valence-electron chi connectivity index (χ2n) is 6.82. The zero-order valence-electron chi connectivity index (χ0n) is 19.6. The molecule has 0 fully saturated rings. The maximum Gasteiger partial charge on any atom is 0.204 e. The second kappa shape index (κ2) is 13.8. The number of nitrogens with one attached hydrogen (secondary N) is 1. The molecule has 0 aliphatic carbocycles. The quantitative estimate of drug-likeness (QED) is 0.146. The molecule has 3 aromatic carbocycles. The van der Waals surface area contributed by atoms with Crippen molar-refractivity contribution in [2.75, 3.05) is 12.4 Å². The lowest BCUT2D eigenvalue weighted by Crippen LogP contribution is -2.05. The molecule has 10 heteroatoms. The molecule has 0 heterocycles. The van der Waals surface area contributed by atoms with Crippen LogP contribution in [0, 0.1) is 42.9 Å². The van der Waals surface area contributed by atoms with Crippen LogP contribution in [0.3, 0.4) is 0 Å². The molecule has 0 saturated carbocycles. The molecule has 0 bridgehead atoms. The molecule has 0 aromatic heterocycles. The van der Waals surface area contributed by atoms with Crippen LogP contribution < -0.4 is 10.1 Å². The Kier molecular flexibility index (Phi) is 11.8. The minimum atomic E-state index is -2.05. The molecule has 0 spiro atoms. The van der Waals surface area contributed by atoms with Gasteiger partial charge in [-0.1, -0.05) is 31.5 Å². The van der Waals surface area contributed by atoms with Gasteiger partial charge in [0.2, 0.25) is 11.6 Å². The topological polar surface area (TPSA) is 38.3 Å². The predicted octanol–water partition coefficient (Wildman–Crippen LogP) is 8.51. The first kappa shape index (κ1) is 30.0. The molecule has 35 heavy (non-hydrogen) atoms. The number of aldehydes is 1. The largest absolute Gasteiger partial charge is 0.493 e. The Hall–Kier alpha value is -3.01. The molecule has 0 saturated heterocycles. The van der Waals surface area contributed by atoms with Crippen molar-refractivity contribution in [1.82, 2.24) is 0 Å². The fraction of sp³-hybridized carbons (Fsp3) is 0.240. The number of carbonyl (C=O) groups is 1. The molecule has 0 aliphatic heterocycles. The van der Waals surface area contributed by atoms with Gasteiger partial charge in [0.05, 0.1) is 22.8 Å². The summed E-state index contributed by atoms with van der Waals surface area (Å²) in [4.78, 5) is 11.0. The summed E-state index contributed by atoms with van der Waals surface area (Å²) in [5.41, 5.74) is 2.95. The SMILES string of the molecule is CC.COc1c(F)c(F)c(F)c(F)c1CF.Cc1ccc(Nc2cc(F)c(Br)cc2C=O)c(C)c1. The third-order valence-corrected chi connectivity index (χ3v) is 5.13. The van der Waals surface area contributed by atoms with Crippen LogP contribution in [0.2, 0.25) is 0 Å². The van der Waals surface area contributed by atoms with Crippen LogP contribution in [0.15, 0.2) is 34.8 Å². The van der Waals surface area contributed by atoms with Gasteiger partial charge in [-0.05, 0) is 53.5 Å². The first-order valence-corrected chi connectivity index (χ1v) is 11.1. The summed E-state index contributed by atoms with van der Waals surface area (Å²) in [6.07, 6.45) is 0.704. The Morgan fingerprint density at radius 3 is 2.03 bits per heavy atom. The first-order chi connectivity index (χ1) is 16.5. The third-order valence-electron chi connectivity index (χ3n) is 4.52. The molecule has 0 radical (unpaired) electrons. The Morgan fingerprint density at radius 1 is 0.914 bits per heavy atom. The van der Waals surface area contributed by atoms with Crippen molar-refractivity contribution in [2.24, 2.45) is 0 Å². The minimum absolute atomic E-state index is 0.278. The molecule has 0 atom stereocenters. The van der Waals surface area contributed by atoms with E-state index in [0.29, 0.717) is 17.5 Å². The standard InChI is InChI=1S/C15H13BrFNO.C8H5F5O.C2H6/c1-9-3-4-14(10(2)5-9)18-15-7-13(17)12(16)6-11(15)8-19;1-14-8-3(2-9)4(10)5(11)6(12)7(8)13;1-2/h3-8,18H,1-2H3;2H2,1H3;1-2H3. The molecular weight excluding hydrogens is 540 g/mol. The fourth-order valence-corrected chi connectivity index (χ4v) is 3.22. The van der Waals surface area contributed by atoms with Crippen molar-refractivity contribution < 1.29 is 35.9 Å². The average molecular weight is 564 g/mol. The summed E-state index contributed by atoms with van der Waals surface area (Å²) >= 11 is 3.07. The zero-order valence-corrected chi connectivity index (χ0v) is 21.2. The minimum Gasteiger partial charge on any atom is -0.493 e. The van der Waals surface area contributed by atoms with Crippen molar-refractivity contribution in [3.8, 4) is 5.75 Å². The highest BCUT2D eigenvalue weighted by atomic mass is 79.9. The van der Waals surface area contributed by atoms with Crippen LogP contribution in [0.4, 0.5) is 37.7 Å². The monoisotopic (exact) mass is 563 g/mol. The lowest BCUT2D eigenvalue weighted by molar-refractivity contribution is 0.112. The maximum absolute atomic E-state index is 13.6. The van der Waals surface area contributed by atoms with Gasteiger partial charge in [0, 0.05) is 11.3 Å². The Balaban J connectivity index is 0.000000341. The van der Waals surface area contributed by atoms with Crippen molar-refractivity contribution in [3.63, 3.8) is 0 Å².